The summed E-state index contributed by atoms with van der Waals surface area (Å²) in [5.74, 6) is 0.396. The third-order valence-electron chi connectivity index (χ3n) is 4.11. The molecule has 2 heterocycles. The summed E-state index contributed by atoms with van der Waals surface area (Å²) in [6.07, 6.45) is 4.94. The normalized spacial score (nSPS) is 25.4. The number of carbonyl (C=O) groups is 1. The van der Waals surface area contributed by atoms with E-state index in [-0.39, 0.29) is 12.1 Å². The maximum absolute atomic E-state index is 12.7. The van der Waals surface area contributed by atoms with Crippen LogP contribution >= 0.6 is 31.9 Å². The third kappa shape index (κ3) is 3.35. The minimum atomic E-state index is 0.0654. The molecule has 0 aromatic carbocycles. The van der Waals surface area contributed by atoms with Gasteiger partial charge in [-0.15, -0.1) is 0 Å². The standard InChI is InChI=1S/C13H22Br2N2O/c14-9-11(16-5-1-2-6-16)13(18)12(10-15)17-7-3-4-8-17/h11-12H,1-10H2. The summed E-state index contributed by atoms with van der Waals surface area (Å²) in [6, 6.07) is 0.131. The predicted octanol–water partition coefficient (Wildman–Crippen LogP) is 2.27. The van der Waals surface area contributed by atoms with Gasteiger partial charge in [-0.05, 0) is 51.9 Å². The molecule has 2 atom stereocenters. The molecule has 2 saturated heterocycles. The fourth-order valence-electron chi connectivity index (χ4n) is 3.04. The van der Waals surface area contributed by atoms with Gasteiger partial charge in [0.25, 0.3) is 0 Å². The minimum Gasteiger partial charge on any atom is -0.296 e. The lowest BCUT2D eigenvalue weighted by atomic mass is 10.1. The van der Waals surface area contributed by atoms with Gasteiger partial charge in [0.15, 0.2) is 5.78 Å². The Labute approximate surface area is 127 Å². The van der Waals surface area contributed by atoms with E-state index in [1.807, 2.05) is 0 Å². The van der Waals surface area contributed by atoms with Crippen molar-refractivity contribution in [2.45, 2.75) is 37.8 Å². The molecule has 5 heteroatoms. The highest BCUT2D eigenvalue weighted by Gasteiger charge is 2.35. The number of alkyl halides is 2. The molecule has 0 bridgehead atoms. The van der Waals surface area contributed by atoms with E-state index in [1.54, 1.807) is 0 Å². The van der Waals surface area contributed by atoms with Crippen LogP contribution in [-0.2, 0) is 4.79 Å². The Balaban J connectivity index is 2.00. The van der Waals surface area contributed by atoms with Crippen molar-refractivity contribution >= 4 is 37.6 Å². The van der Waals surface area contributed by atoms with E-state index in [0.717, 1.165) is 36.8 Å². The average molecular weight is 382 g/mol. The number of ketones is 1. The first-order valence-corrected chi connectivity index (χ1v) is 9.16. The summed E-state index contributed by atoms with van der Waals surface area (Å²) in [5, 5.41) is 1.53. The van der Waals surface area contributed by atoms with Crippen molar-refractivity contribution in [1.82, 2.24) is 9.80 Å². The fourth-order valence-corrected chi connectivity index (χ4v) is 4.49. The number of hydrogen-bond acceptors (Lipinski definition) is 3. The first kappa shape index (κ1) is 14.9. The molecule has 0 amide bonds. The molecule has 2 aliphatic heterocycles. The van der Waals surface area contributed by atoms with E-state index in [0.29, 0.717) is 5.78 Å². The van der Waals surface area contributed by atoms with Gasteiger partial charge in [0.2, 0.25) is 0 Å². The van der Waals surface area contributed by atoms with Crippen molar-refractivity contribution in [3.8, 4) is 0 Å². The van der Waals surface area contributed by atoms with Gasteiger partial charge < -0.3 is 0 Å². The topological polar surface area (TPSA) is 23.6 Å². The number of rotatable bonds is 6. The molecule has 2 fully saturated rings. The lowest BCUT2D eigenvalue weighted by molar-refractivity contribution is -0.127. The molecule has 104 valence electrons. The average Bonchev–Trinajstić information content (AvgIpc) is 3.03. The summed E-state index contributed by atoms with van der Waals surface area (Å²) >= 11 is 7.07. The number of hydrogen-bond donors (Lipinski definition) is 0. The third-order valence-corrected chi connectivity index (χ3v) is 5.34. The maximum atomic E-state index is 12.7. The van der Waals surface area contributed by atoms with Crippen molar-refractivity contribution < 1.29 is 4.79 Å². The first-order chi connectivity index (χ1) is 8.77. The SMILES string of the molecule is O=C(C(CBr)N1CCCC1)C(CBr)N1CCCC1. The zero-order chi connectivity index (χ0) is 13.0. The van der Waals surface area contributed by atoms with Gasteiger partial charge in [0.05, 0.1) is 12.1 Å². The molecule has 0 aliphatic carbocycles. The lowest BCUT2D eigenvalue weighted by Gasteiger charge is -2.31. The monoisotopic (exact) mass is 380 g/mol. The van der Waals surface area contributed by atoms with Crippen molar-refractivity contribution in [3.63, 3.8) is 0 Å². The van der Waals surface area contributed by atoms with Gasteiger partial charge in [-0.1, -0.05) is 31.9 Å². The van der Waals surface area contributed by atoms with E-state index >= 15 is 0 Å². The summed E-state index contributed by atoms with van der Waals surface area (Å²) in [6.45, 7) is 4.32. The molecule has 3 nitrogen and oxygen atoms in total. The summed E-state index contributed by atoms with van der Waals surface area (Å²) in [4.78, 5) is 17.4. The van der Waals surface area contributed by atoms with Crippen LogP contribution in [0, 0.1) is 0 Å². The molecule has 2 aliphatic rings. The van der Waals surface area contributed by atoms with Crippen LogP contribution in [0.25, 0.3) is 0 Å². The van der Waals surface area contributed by atoms with Crippen LogP contribution in [0.3, 0.4) is 0 Å². The fraction of sp³-hybridized carbons (Fsp3) is 0.923. The summed E-state index contributed by atoms with van der Waals surface area (Å²) in [7, 11) is 0. The molecule has 0 spiro atoms. The molecule has 0 radical (unpaired) electrons. The van der Waals surface area contributed by atoms with Crippen LogP contribution in [0.5, 0.6) is 0 Å². The largest absolute Gasteiger partial charge is 0.296 e. The van der Waals surface area contributed by atoms with Gasteiger partial charge >= 0.3 is 0 Å². The zero-order valence-electron chi connectivity index (χ0n) is 10.8. The van der Waals surface area contributed by atoms with Crippen molar-refractivity contribution in [2.24, 2.45) is 0 Å². The van der Waals surface area contributed by atoms with Crippen LogP contribution in [0.2, 0.25) is 0 Å². The molecule has 18 heavy (non-hydrogen) atoms. The van der Waals surface area contributed by atoms with Crippen molar-refractivity contribution in [1.29, 1.82) is 0 Å². The number of carbonyl (C=O) groups excluding carboxylic acids is 1. The molecule has 0 saturated carbocycles. The zero-order valence-corrected chi connectivity index (χ0v) is 14.0. The van der Waals surface area contributed by atoms with Crippen LogP contribution in [-0.4, -0.2) is 64.5 Å². The number of nitrogens with zero attached hydrogens (tertiary/aromatic N) is 2. The second-order valence-corrected chi connectivity index (χ2v) is 6.52. The van der Waals surface area contributed by atoms with Crippen LogP contribution in [0.15, 0.2) is 0 Å². The summed E-state index contributed by atoms with van der Waals surface area (Å²) in [5.41, 5.74) is 0. The van der Waals surface area contributed by atoms with E-state index in [1.165, 1.54) is 25.7 Å². The Hall–Kier alpha value is 0.550. The smallest absolute Gasteiger partial charge is 0.168 e. The highest BCUT2D eigenvalue weighted by Crippen LogP contribution is 2.20. The van der Waals surface area contributed by atoms with Crippen LogP contribution < -0.4 is 0 Å². The predicted molar refractivity (Wildman–Crippen MR) is 81.8 cm³/mol. The van der Waals surface area contributed by atoms with E-state index in [9.17, 15) is 4.79 Å². The number of likely N-dealkylation sites (tertiary alicyclic amines) is 2. The molecular weight excluding hydrogens is 360 g/mol. The van der Waals surface area contributed by atoms with E-state index in [2.05, 4.69) is 41.7 Å². The van der Waals surface area contributed by atoms with Gasteiger partial charge in [0, 0.05) is 10.7 Å². The van der Waals surface area contributed by atoms with Gasteiger partial charge in [-0.25, -0.2) is 0 Å². The molecule has 0 N–H and O–H groups in total. The van der Waals surface area contributed by atoms with Crippen LogP contribution in [0.4, 0.5) is 0 Å². The quantitative estimate of drug-likeness (QED) is 0.659. The Bertz CT molecular complexity index is 250. The van der Waals surface area contributed by atoms with Gasteiger partial charge in [-0.3, -0.25) is 14.6 Å². The van der Waals surface area contributed by atoms with Crippen molar-refractivity contribution in [3.05, 3.63) is 0 Å². The minimum absolute atomic E-state index is 0.0654. The van der Waals surface area contributed by atoms with Crippen molar-refractivity contribution in [2.75, 3.05) is 36.8 Å². The second-order valence-electron chi connectivity index (χ2n) is 5.23. The lowest BCUT2D eigenvalue weighted by Crippen LogP contribution is -2.51. The Morgan fingerprint density at radius 2 is 1.17 bits per heavy atom. The molecule has 0 aromatic heterocycles. The number of Topliss-reactive ketones (excluding diaryl/α,β-unsaturated/α-hetero) is 1. The van der Waals surface area contributed by atoms with Gasteiger partial charge in [0.1, 0.15) is 0 Å². The highest BCUT2D eigenvalue weighted by atomic mass is 79.9. The molecule has 0 aromatic rings. The second kappa shape index (κ2) is 7.36. The van der Waals surface area contributed by atoms with E-state index in [4.69, 9.17) is 0 Å². The Morgan fingerprint density at radius 1 is 0.833 bits per heavy atom. The first-order valence-electron chi connectivity index (χ1n) is 6.91. The highest BCUT2D eigenvalue weighted by molar-refractivity contribution is 9.09. The Kier molecular flexibility index (Phi) is 6.12. The van der Waals surface area contributed by atoms with Gasteiger partial charge in [-0.2, -0.15) is 0 Å². The van der Waals surface area contributed by atoms with E-state index < -0.39 is 0 Å². The van der Waals surface area contributed by atoms with Crippen LogP contribution in [0.1, 0.15) is 25.7 Å². The molecular formula is C13H22Br2N2O. The molecule has 2 rings (SSSR count). The Morgan fingerprint density at radius 3 is 1.44 bits per heavy atom. The maximum Gasteiger partial charge on any atom is 0.168 e. The molecule has 2 unspecified atom stereocenters. The summed E-state index contributed by atoms with van der Waals surface area (Å²) < 4.78 is 0. The number of halogens is 2.